The lowest BCUT2D eigenvalue weighted by Crippen LogP contribution is -2.38. The third-order valence-electron chi connectivity index (χ3n) is 9.00. The average molecular weight is 579 g/mol. The molecule has 2 aromatic carbocycles. The maximum Gasteiger partial charge on any atom is 0.407 e. The van der Waals surface area contributed by atoms with Gasteiger partial charge in [0.1, 0.15) is 12.2 Å². The highest BCUT2D eigenvalue weighted by atomic mass is 16.6. The minimum Gasteiger partial charge on any atom is -0.446 e. The Labute approximate surface area is 254 Å². The van der Waals surface area contributed by atoms with Crippen LogP contribution < -0.4 is 10.6 Å². The summed E-state index contributed by atoms with van der Waals surface area (Å²) in [6.07, 6.45) is 6.33. The summed E-state index contributed by atoms with van der Waals surface area (Å²) in [7, 11) is 0. The van der Waals surface area contributed by atoms with Crippen molar-refractivity contribution in [2.75, 3.05) is 0 Å². The highest BCUT2D eigenvalue weighted by Crippen LogP contribution is 2.36. The van der Waals surface area contributed by atoms with Crippen molar-refractivity contribution in [3.05, 3.63) is 71.8 Å². The van der Waals surface area contributed by atoms with Gasteiger partial charge in [-0.1, -0.05) is 115 Å². The number of amides is 2. The lowest BCUT2D eigenvalue weighted by Gasteiger charge is -2.36. The van der Waals surface area contributed by atoms with Crippen LogP contribution >= 0.6 is 0 Å². The fourth-order valence-electron chi connectivity index (χ4n) is 6.40. The summed E-state index contributed by atoms with van der Waals surface area (Å²) in [5.41, 5.74) is 2.18. The van der Waals surface area contributed by atoms with Crippen LogP contribution in [0, 0.1) is 35.5 Å². The third kappa shape index (κ3) is 11.3. The van der Waals surface area contributed by atoms with Gasteiger partial charge in [0.25, 0.3) is 0 Å². The number of hydrogen-bond acceptors (Lipinski definition) is 4. The van der Waals surface area contributed by atoms with Crippen LogP contribution in [0.3, 0.4) is 0 Å². The molecule has 2 amide bonds. The molecule has 0 radical (unpaired) electrons. The predicted octanol–water partition coefficient (Wildman–Crippen LogP) is 8.75. The molecular weight excluding hydrogens is 524 g/mol. The summed E-state index contributed by atoms with van der Waals surface area (Å²) in [4.78, 5) is 24.1. The lowest BCUT2D eigenvalue weighted by molar-refractivity contribution is 0.00547. The molecule has 2 saturated carbocycles. The zero-order chi connectivity index (χ0) is 30.5. The van der Waals surface area contributed by atoms with Gasteiger partial charge in [-0.25, -0.2) is 9.59 Å². The second-order valence-electron chi connectivity index (χ2n) is 13.2. The summed E-state index contributed by atoms with van der Waals surface area (Å²) >= 11 is 0. The number of alkyl carbamates (subject to hydrolysis) is 2. The first-order valence-electron chi connectivity index (χ1n) is 16.1. The number of benzene rings is 2. The van der Waals surface area contributed by atoms with Crippen molar-refractivity contribution in [2.45, 2.75) is 105 Å². The van der Waals surface area contributed by atoms with Crippen LogP contribution in [-0.4, -0.2) is 24.4 Å². The molecular formula is C36H54N2O4. The molecule has 0 aliphatic heterocycles. The SMILES string of the molecule is CC(C)[C@@H]1CC[C@@H](C)C[C@H]1OC(=O)NCc1ccccc1.CC(C)[C@H]1CC[C@H](C)C[C@@H]1OC(=O)NCc1ccccc1. The average Bonchev–Trinajstić information content (AvgIpc) is 2.96. The van der Waals surface area contributed by atoms with Gasteiger partial charge in [0.05, 0.1) is 0 Å². The molecule has 2 aliphatic carbocycles. The lowest BCUT2D eigenvalue weighted by atomic mass is 9.75. The second-order valence-corrected chi connectivity index (χ2v) is 13.2. The molecule has 0 heterocycles. The van der Waals surface area contributed by atoms with Crippen molar-refractivity contribution in [2.24, 2.45) is 35.5 Å². The van der Waals surface area contributed by atoms with Crippen molar-refractivity contribution in [3.8, 4) is 0 Å². The van der Waals surface area contributed by atoms with Gasteiger partial charge in [-0.05, 0) is 72.3 Å². The molecule has 232 valence electrons. The van der Waals surface area contributed by atoms with E-state index < -0.39 is 0 Å². The monoisotopic (exact) mass is 578 g/mol. The van der Waals surface area contributed by atoms with E-state index in [1.165, 1.54) is 12.8 Å². The van der Waals surface area contributed by atoms with E-state index >= 15 is 0 Å². The molecule has 0 spiro atoms. The predicted molar refractivity (Wildman–Crippen MR) is 170 cm³/mol. The Morgan fingerprint density at radius 3 is 1.33 bits per heavy atom. The number of nitrogens with one attached hydrogen (secondary N) is 2. The van der Waals surface area contributed by atoms with Gasteiger partial charge < -0.3 is 20.1 Å². The van der Waals surface area contributed by atoms with Crippen LogP contribution in [0.5, 0.6) is 0 Å². The summed E-state index contributed by atoms with van der Waals surface area (Å²) in [5, 5.41) is 5.72. The summed E-state index contributed by atoms with van der Waals surface area (Å²) in [6.45, 7) is 14.4. The van der Waals surface area contributed by atoms with Crippen LogP contribution in [0.25, 0.3) is 0 Å². The zero-order valence-electron chi connectivity index (χ0n) is 26.7. The van der Waals surface area contributed by atoms with Crippen molar-refractivity contribution in [1.82, 2.24) is 10.6 Å². The van der Waals surface area contributed by atoms with Crippen molar-refractivity contribution in [1.29, 1.82) is 0 Å². The molecule has 2 N–H and O–H groups in total. The van der Waals surface area contributed by atoms with Gasteiger partial charge in [-0.3, -0.25) is 0 Å². The molecule has 6 atom stereocenters. The van der Waals surface area contributed by atoms with Crippen LogP contribution in [0.2, 0.25) is 0 Å². The fraction of sp³-hybridized carbons (Fsp3) is 0.611. The first kappa shape index (κ1) is 33.5. The molecule has 2 fully saturated rings. The smallest absolute Gasteiger partial charge is 0.407 e. The normalized spacial score (nSPS) is 25.6. The van der Waals surface area contributed by atoms with Gasteiger partial charge in [-0.15, -0.1) is 0 Å². The van der Waals surface area contributed by atoms with E-state index in [1.54, 1.807) is 0 Å². The second kappa shape index (κ2) is 17.2. The Balaban J connectivity index is 0.000000230. The molecule has 42 heavy (non-hydrogen) atoms. The minimum atomic E-state index is -0.288. The Hall–Kier alpha value is -3.02. The van der Waals surface area contributed by atoms with E-state index in [-0.39, 0.29) is 24.4 Å². The molecule has 0 saturated heterocycles. The molecule has 2 aliphatic rings. The van der Waals surface area contributed by atoms with Gasteiger partial charge in [0.2, 0.25) is 0 Å². The van der Waals surface area contributed by atoms with Gasteiger partial charge in [0, 0.05) is 13.1 Å². The molecule has 0 bridgehead atoms. The van der Waals surface area contributed by atoms with E-state index in [9.17, 15) is 9.59 Å². The van der Waals surface area contributed by atoms with Crippen molar-refractivity contribution < 1.29 is 19.1 Å². The maximum atomic E-state index is 12.0. The quantitative estimate of drug-likeness (QED) is 0.328. The van der Waals surface area contributed by atoms with Crippen LogP contribution in [0.4, 0.5) is 9.59 Å². The Morgan fingerprint density at radius 2 is 1.00 bits per heavy atom. The summed E-state index contributed by atoms with van der Waals surface area (Å²) in [5.74, 6) is 3.39. The largest absolute Gasteiger partial charge is 0.446 e. The fourth-order valence-corrected chi connectivity index (χ4v) is 6.40. The van der Waals surface area contributed by atoms with Gasteiger partial charge >= 0.3 is 12.2 Å². The Morgan fingerprint density at radius 1 is 0.643 bits per heavy atom. The molecule has 0 aromatic heterocycles. The van der Waals surface area contributed by atoms with E-state index in [1.807, 2.05) is 60.7 Å². The first-order chi connectivity index (χ1) is 20.1. The maximum absolute atomic E-state index is 12.0. The Kier molecular flexibility index (Phi) is 13.7. The zero-order valence-corrected chi connectivity index (χ0v) is 26.7. The van der Waals surface area contributed by atoms with Crippen LogP contribution in [-0.2, 0) is 22.6 Å². The Bertz CT molecular complexity index is 973. The highest BCUT2D eigenvalue weighted by Gasteiger charge is 2.34. The minimum absolute atomic E-state index is 0.0597. The molecule has 6 nitrogen and oxygen atoms in total. The summed E-state index contributed by atoms with van der Waals surface area (Å²) in [6, 6.07) is 19.8. The number of carbonyl (C=O) groups is 2. The number of ether oxygens (including phenoxy) is 2. The van der Waals surface area contributed by atoms with Gasteiger partial charge in [-0.2, -0.15) is 0 Å². The molecule has 4 rings (SSSR count). The number of rotatable bonds is 8. The van der Waals surface area contributed by atoms with Gasteiger partial charge in [0.15, 0.2) is 0 Å². The number of hydrogen-bond donors (Lipinski definition) is 2. The van der Waals surface area contributed by atoms with Crippen molar-refractivity contribution in [3.63, 3.8) is 0 Å². The molecule has 0 unspecified atom stereocenters. The van der Waals surface area contributed by atoms with Crippen LogP contribution in [0.15, 0.2) is 60.7 Å². The van der Waals surface area contributed by atoms with Crippen LogP contribution in [0.1, 0.15) is 91.2 Å². The van der Waals surface area contributed by atoms with E-state index in [4.69, 9.17) is 9.47 Å². The van der Waals surface area contributed by atoms with E-state index in [2.05, 4.69) is 52.2 Å². The highest BCUT2D eigenvalue weighted by molar-refractivity contribution is 5.67. The third-order valence-corrected chi connectivity index (χ3v) is 9.00. The topological polar surface area (TPSA) is 76.7 Å². The molecule has 2 aromatic rings. The summed E-state index contributed by atoms with van der Waals surface area (Å²) < 4.78 is 11.4. The van der Waals surface area contributed by atoms with Crippen molar-refractivity contribution >= 4 is 12.2 Å². The first-order valence-corrected chi connectivity index (χ1v) is 16.1. The number of carbonyl (C=O) groups excluding carboxylic acids is 2. The van der Waals surface area contributed by atoms with E-state index in [0.29, 0.717) is 48.6 Å². The van der Waals surface area contributed by atoms with E-state index in [0.717, 1.165) is 36.8 Å². The molecule has 6 heteroatoms. The standard InChI is InChI=1S/2C18H27NO2/c2*1-13(2)16-10-9-14(3)11-17(16)21-18(20)19-12-15-7-5-4-6-8-15/h2*4-8,13-14,16-17H,9-12H2,1-3H3,(H,19,20)/t2*14-,16+,17-/m10/s1.